The van der Waals surface area contributed by atoms with E-state index >= 15 is 0 Å². The molecule has 13 heteroatoms. The summed E-state index contributed by atoms with van der Waals surface area (Å²) in [5.74, 6) is -1.98. The van der Waals surface area contributed by atoms with E-state index in [0.717, 1.165) is 18.3 Å². The third-order valence-corrected chi connectivity index (χ3v) is 5.64. The van der Waals surface area contributed by atoms with Crippen LogP contribution in [0, 0.1) is 0 Å². The van der Waals surface area contributed by atoms with Gasteiger partial charge in [0.2, 0.25) is 0 Å². The number of amides is 2. The number of aromatic nitrogens is 3. The average molecular weight is 481 g/mol. The molecule has 33 heavy (non-hydrogen) atoms. The van der Waals surface area contributed by atoms with Crippen molar-refractivity contribution in [2.24, 2.45) is 5.73 Å². The van der Waals surface area contributed by atoms with Gasteiger partial charge in [0.25, 0.3) is 11.8 Å². The molecule has 0 unspecified atom stereocenters. The van der Waals surface area contributed by atoms with Crippen molar-refractivity contribution in [3.05, 3.63) is 64.9 Å². The summed E-state index contributed by atoms with van der Waals surface area (Å²) in [6, 6.07) is 9.79. The molecule has 4 rings (SSSR count). The van der Waals surface area contributed by atoms with Gasteiger partial charge in [0.05, 0.1) is 5.69 Å². The van der Waals surface area contributed by atoms with Crippen LogP contribution in [0.5, 0.6) is 0 Å². The Morgan fingerprint density at radius 2 is 1.82 bits per heavy atom. The molecular formula is C20H12F5N5O2S. The van der Waals surface area contributed by atoms with E-state index in [4.69, 9.17) is 5.73 Å². The Labute approximate surface area is 185 Å². The van der Waals surface area contributed by atoms with Gasteiger partial charge in [-0.05, 0) is 23.3 Å². The van der Waals surface area contributed by atoms with Crippen molar-refractivity contribution >= 4 is 39.1 Å². The molecule has 0 aliphatic rings. The van der Waals surface area contributed by atoms with E-state index in [-0.39, 0.29) is 31.0 Å². The van der Waals surface area contributed by atoms with Gasteiger partial charge >= 0.3 is 12.7 Å². The number of halogens is 5. The molecule has 0 aliphatic carbocycles. The molecule has 3 aromatic heterocycles. The number of hydrogen-bond acceptors (Lipinski definition) is 5. The summed E-state index contributed by atoms with van der Waals surface area (Å²) in [4.78, 5) is 27.9. The van der Waals surface area contributed by atoms with E-state index in [1.807, 2.05) is 0 Å². The van der Waals surface area contributed by atoms with Crippen LogP contribution in [-0.2, 0) is 6.18 Å². The zero-order valence-electron chi connectivity index (χ0n) is 16.2. The number of anilines is 1. The molecule has 170 valence electrons. The number of carbonyl (C=O) groups excluding carboxylic acids is 2. The highest BCUT2D eigenvalue weighted by Gasteiger charge is 2.35. The van der Waals surface area contributed by atoms with Crippen LogP contribution in [0.3, 0.4) is 0 Å². The molecule has 0 bridgehead atoms. The molecule has 0 radical (unpaired) electrons. The second-order valence-electron chi connectivity index (χ2n) is 6.68. The number of nitrogens with one attached hydrogen (secondary N) is 1. The Kier molecular flexibility index (Phi) is 5.57. The van der Waals surface area contributed by atoms with E-state index in [1.54, 1.807) is 30.3 Å². The summed E-state index contributed by atoms with van der Waals surface area (Å²) in [6.07, 6.45) is -3.90. The third kappa shape index (κ3) is 4.26. The van der Waals surface area contributed by atoms with Gasteiger partial charge in [-0.1, -0.05) is 30.3 Å². The molecule has 3 heterocycles. The molecule has 4 aromatic rings. The maximum absolute atomic E-state index is 13.5. The van der Waals surface area contributed by atoms with Crippen molar-refractivity contribution < 1.29 is 31.5 Å². The lowest BCUT2D eigenvalue weighted by atomic mass is 10.0. The number of thiophene rings is 1. The highest BCUT2D eigenvalue weighted by atomic mass is 32.1. The van der Waals surface area contributed by atoms with E-state index in [2.05, 4.69) is 15.4 Å². The van der Waals surface area contributed by atoms with Crippen LogP contribution >= 0.6 is 11.3 Å². The first-order valence-corrected chi connectivity index (χ1v) is 9.92. The molecule has 2 amide bonds. The molecule has 0 spiro atoms. The van der Waals surface area contributed by atoms with Crippen LogP contribution in [0.1, 0.15) is 32.4 Å². The number of nitrogens with zero attached hydrogens (tertiary/aromatic N) is 3. The highest BCUT2D eigenvalue weighted by molar-refractivity contribution is 7.21. The van der Waals surface area contributed by atoms with E-state index in [1.165, 1.54) is 0 Å². The summed E-state index contributed by atoms with van der Waals surface area (Å²) in [5.41, 5.74) is 4.04. The number of carbonyl (C=O) groups is 2. The van der Waals surface area contributed by atoms with Crippen LogP contribution in [0.4, 0.5) is 27.6 Å². The van der Waals surface area contributed by atoms with Crippen LogP contribution < -0.4 is 11.1 Å². The van der Waals surface area contributed by atoms with Crippen molar-refractivity contribution in [1.29, 1.82) is 0 Å². The Morgan fingerprint density at radius 3 is 2.39 bits per heavy atom. The van der Waals surface area contributed by atoms with Crippen molar-refractivity contribution in [1.82, 2.24) is 14.8 Å². The minimum absolute atomic E-state index is 0.0464. The van der Waals surface area contributed by atoms with Gasteiger partial charge < -0.3 is 11.1 Å². The molecule has 0 atom stereocenters. The summed E-state index contributed by atoms with van der Waals surface area (Å²) >= 11 is 0.572. The Bertz CT molecular complexity index is 1360. The van der Waals surface area contributed by atoms with E-state index in [0.29, 0.717) is 16.9 Å². The van der Waals surface area contributed by atoms with Crippen molar-refractivity contribution in [3.8, 4) is 11.1 Å². The molecular weight excluding hydrogens is 469 g/mol. The lowest BCUT2D eigenvalue weighted by molar-refractivity contribution is -0.140. The lowest BCUT2D eigenvalue weighted by Gasteiger charge is -2.12. The minimum atomic E-state index is -4.78. The normalized spacial score (nSPS) is 11.8. The monoisotopic (exact) mass is 481 g/mol. The summed E-state index contributed by atoms with van der Waals surface area (Å²) in [6.45, 7) is -2.98. The molecule has 0 saturated heterocycles. The molecule has 1 aromatic carbocycles. The van der Waals surface area contributed by atoms with Crippen LogP contribution in [0.25, 0.3) is 21.3 Å². The number of benzene rings is 1. The van der Waals surface area contributed by atoms with Gasteiger partial charge in [-0.2, -0.15) is 27.1 Å². The van der Waals surface area contributed by atoms with Gasteiger partial charge in [-0.15, -0.1) is 11.3 Å². The first-order valence-electron chi connectivity index (χ1n) is 9.11. The first-order chi connectivity index (χ1) is 15.6. The SMILES string of the molecule is NC(=O)c1sc2nc(C(F)(F)F)cc(-c3ccccc3)c2c1NC(=O)c1ccn(C(F)F)n1. The topological polar surface area (TPSA) is 103 Å². The lowest BCUT2D eigenvalue weighted by Crippen LogP contribution is -2.17. The van der Waals surface area contributed by atoms with Gasteiger partial charge in [0, 0.05) is 11.6 Å². The van der Waals surface area contributed by atoms with Gasteiger partial charge in [0.1, 0.15) is 15.4 Å². The smallest absolute Gasteiger partial charge is 0.365 e. The van der Waals surface area contributed by atoms with Gasteiger partial charge in [-0.25, -0.2) is 9.67 Å². The number of fused-ring (bicyclic) bond motifs is 1. The van der Waals surface area contributed by atoms with E-state index < -0.39 is 35.9 Å². The van der Waals surface area contributed by atoms with Gasteiger partial charge in [-0.3, -0.25) is 9.59 Å². The van der Waals surface area contributed by atoms with Crippen LogP contribution in [0.15, 0.2) is 48.7 Å². The number of alkyl halides is 5. The maximum atomic E-state index is 13.5. The van der Waals surface area contributed by atoms with Crippen molar-refractivity contribution in [2.75, 3.05) is 5.32 Å². The molecule has 0 saturated carbocycles. The quantitative estimate of drug-likeness (QED) is 0.395. The second kappa shape index (κ2) is 8.24. The fourth-order valence-corrected chi connectivity index (χ4v) is 4.13. The number of primary amides is 1. The van der Waals surface area contributed by atoms with Crippen LogP contribution in [-0.4, -0.2) is 26.6 Å². The third-order valence-electron chi connectivity index (χ3n) is 4.54. The Hall–Kier alpha value is -3.87. The minimum Gasteiger partial charge on any atom is -0.365 e. The molecule has 0 fully saturated rings. The fraction of sp³-hybridized carbons (Fsp3) is 0.100. The van der Waals surface area contributed by atoms with Crippen molar-refractivity contribution in [3.63, 3.8) is 0 Å². The Morgan fingerprint density at radius 1 is 1.12 bits per heavy atom. The van der Waals surface area contributed by atoms with Crippen LogP contribution in [0.2, 0.25) is 0 Å². The second-order valence-corrected chi connectivity index (χ2v) is 7.68. The predicted molar refractivity (Wildman–Crippen MR) is 110 cm³/mol. The van der Waals surface area contributed by atoms with Crippen molar-refractivity contribution in [2.45, 2.75) is 12.7 Å². The van der Waals surface area contributed by atoms with E-state index in [9.17, 15) is 31.5 Å². The van der Waals surface area contributed by atoms with Gasteiger partial charge in [0.15, 0.2) is 5.69 Å². The number of rotatable bonds is 5. The highest BCUT2D eigenvalue weighted by Crippen LogP contribution is 2.43. The number of nitrogens with two attached hydrogens (primary N) is 1. The zero-order valence-corrected chi connectivity index (χ0v) is 17.0. The first kappa shape index (κ1) is 22.3. The standard InChI is InChI=1S/C20H12F5N5O2S/c21-19(22)30-7-6-11(29-30)17(32)28-14-13-10(9-4-2-1-3-5-9)8-12(20(23,24)25)27-18(13)33-15(14)16(26)31/h1-8,19H,(H2,26,31)(H,28,32). The number of pyridine rings is 1. The summed E-state index contributed by atoms with van der Waals surface area (Å²) in [5, 5.41) is 5.88. The zero-order chi connectivity index (χ0) is 23.9. The summed E-state index contributed by atoms with van der Waals surface area (Å²) < 4.78 is 66.3. The molecule has 3 N–H and O–H groups in total. The summed E-state index contributed by atoms with van der Waals surface area (Å²) in [7, 11) is 0. The molecule has 0 aliphatic heterocycles. The predicted octanol–water partition coefficient (Wildman–Crippen LogP) is 4.92. The Balaban J connectivity index is 1.93. The maximum Gasteiger partial charge on any atom is 0.433 e. The largest absolute Gasteiger partial charge is 0.433 e. The number of hydrogen-bond donors (Lipinski definition) is 2. The fourth-order valence-electron chi connectivity index (χ4n) is 3.13. The molecule has 7 nitrogen and oxygen atoms in total. The average Bonchev–Trinajstić information content (AvgIpc) is 3.39.